The molecule has 1 N–H and O–H groups in total. The van der Waals surface area contributed by atoms with E-state index < -0.39 is 5.97 Å². The van der Waals surface area contributed by atoms with Crippen molar-refractivity contribution in [3.63, 3.8) is 0 Å². The molecule has 0 radical (unpaired) electrons. The van der Waals surface area contributed by atoms with Gasteiger partial charge in [0.25, 0.3) is 0 Å². The first-order valence-corrected chi connectivity index (χ1v) is 13.4. The lowest BCUT2D eigenvalue weighted by Crippen LogP contribution is -2.03. The molecule has 1 aromatic rings. The summed E-state index contributed by atoms with van der Waals surface area (Å²) >= 11 is 0. The first kappa shape index (κ1) is 27.7. The second-order valence-corrected chi connectivity index (χ2v) is 9.81. The fourth-order valence-corrected chi connectivity index (χ4v) is 4.59. The van der Waals surface area contributed by atoms with Crippen molar-refractivity contribution in [2.24, 2.45) is 0 Å². The highest BCUT2D eigenvalue weighted by Gasteiger charge is 2.09. The summed E-state index contributed by atoms with van der Waals surface area (Å²) in [6.07, 6.45) is 23.5. The third kappa shape index (κ3) is 14.4. The van der Waals surface area contributed by atoms with E-state index in [0.29, 0.717) is 5.92 Å². The van der Waals surface area contributed by atoms with Crippen LogP contribution in [0, 0.1) is 0 Å². The lowest BCUT2D eigenvalue weighted by atomic mass is 9.91. The number of carboxylic acids is 1. The quantitative estimate of drug-likeness (QED) is 0.209. The molecule has 0 saturated carbocycles. The predicted molar refractivity (Wildman–Crippen MR) is 135 cm³/mol. The first-order valence-electron chi connectivity index (χ1n) is 13.4. The van der Waals surface area contributed by atoms with Crippen LogP contribution in [0.3, 0.4) is 0 Å². The Kier molecular flexibility index (Phi) is 16.3. The van der Waals surface area contributed by atoms with Crippen molar-refractivity contribution in [3.05, 3.63) is 34.9 Å². The summed E-state index contributed by atoms with van der Waals surface area (Å²) in [5, 5.41) is 9.06. The van der Waals surface area contributed by atoms with Gasteiger partial charge in [-0.15, -0.1) is 0 Å². The Hall–Kier alpha value is -1.31. The minimum atomic E-state index is -0.745. The molecule has 0 atom stereocenters. The molecule has 0 heterocycles. The lowest BCUT2D eigenvalue weighted by Gasteiger charge is -2.14. The molecule has 0 spiro atoms. The monoisotopic (exact) mass is 430 g/mol. The molecule has 31 heavy (non-hydrogen) atoms. The van der Waals surface area contributed by atoms with Crippen molar-refractivity contribution in [1.29, 1.82) is 0 Å². The Labute approximate surface area is 193 Å². The van der Waals surface area contributed by atoms with Gasteiger partial charge in [-0.3, -0.25) is 4.79 Å². The summed E-state index contributed by atoms with van der Waals surface area (Å²) in [5.41, 5.74) is 3.68. The Balaban J connectivity index is 2.04. The van der Waals surface area contributed by atoms with Crippen molar-refractivity contribution in [2.75, 3.05) is 0 Å². The van der Waals surface area contributed by atoms with Gasteiger partial charge in [-0.1, -0.05) is 135 Å². The minimum absolute atomic E-state index is 0.129. The first-order chi connectivity index (χ1) is 15.0. The molecule has 1 rings (SSSR count). The Morgan fingerprint density at radius 2 is 1.19 bits per heavy atom. The van der Waals surface area contributed by atoms with Crippen LogP contribution < -0.4 is 0 Å². The molecule has 0 saturated heterocycles. The molecule has 178 valence electrons. The second kappa shape index (κ2) is 18.3. The minimum Gasteiger partial charge on any atom is -0.481 e. The van der Waals surface area contributed by atoms with E-state index in [2.05, 4.69) is 32.9 Å². The fraction of sp³-hybridized carbons (Fsp3) is 0.759. The third-order valence-corrected chi connectivity index (χ3v) is 6.48. The molecule has 0 aromatic heterocycles. The summed E-state index contributed by atoms with van der Waals surface area (Å²) < 4.78 is 0. The van der Waals surface area contributed by atoms with Gasteiger partial charge < -0.3 is 5.11 Å². The maximum atomic E-state index is 11.0. The molecule has 0 aliphatic rings. The molecule has 0 aliphatic heterocycles. The van der Waals surface area contributed by atoms with E-state index in [0.717, 1.165) is 12.0 Å². The topological polar surface area (TPSA) is 37.3 Å². The summed E-state index contributed by atoms with van der Waals surface area (Å²) in [5.74, 6) is -0.249. The zero-order valence-electron chi connectivity index (χ0n) is 20.9. The van der Waals surface area contributed by atoms with E-state index in [1.54, 1.807) is 0 Å². The molecule has 1 aromatic carbocycles. The third-order valence-electron chi connectivity index (χ3n) is 6.48. The molecule has 0 bridgehead atoms. The molecule has 2 heteroatoms. The summed E-state index contributed by atoms with van der Waals surface area (Å²) in [6.45, 7) is 6.74. The van der Waals surface area contributed by atoms with Crippen LogP contribution in [0.5, 0.6) is 0 Å². The number of carboxylic acid groups (broad SMARTS) is 1. The van der Waals surface area contributed by atoms with Gasteiger partial charge in [-0.05, 0) is 35.4 Å². The highest BCUT2D eigenvalue weighted by molar-refractivity contribution is 5.70. The number of benzene rings is 1. The van der Waals surface area contributed by atoms with Gasteiger partial charge in [0.1, 0.15) is 0 Å². The van der Waals surface area contributed by atoms with Gasteiger partial charge in [0, 0.05) is 0 Å². The standard InChI is InChI=1S/C29H50O2/c1-4-5-6-7-8-9-10-11-12-13-14-15-16-17-18-19-20-27-23-26(24-29(30)31)21-22-28(27)25(2)3/h21-23,25H,4-20,24H2,1-3H3,(H,30,31). The van der Waals surface area contributed by atoms with Crippen molar-refractivity contribution >= 4 is 5.97 Å². The van der Waals surface area contributed by atoms with Crippen LogP contribution in [0.15, 0.2) is 18.2 Å². The Morgan fingerprint density at radius 1 is 0.742 bits per heavy atom. The van der Waals surface area contributed by atoms with Crippen molar-refractivity contribution < 1.29 is 9.90 Å². The van der Waals surface area contributed by atoms with Crippen LogP contribution in [0.25, 0.3) is 0 Å². The fourth-order valence-electron chi connectivity index (χ4n) is 4.59. The molecule has 0 fully saturated rings. The number of hydrogen-bond acceptors (Lipinski definition) is 1. The number of aryl methyl sites for hydroxylation is 1. The largest absolute Gasteiger partial charge is 0.481 e. The SMILES string of the molecule is CCCCCCCCCCCCCCCCCCc1cc(CC(=O)O)ccc1C(C)C. The van der Waals surface area contributed by atoms with E-state index >= 15 is 0 Å². The maximum Gasteiger partial charge on any atom is 0.307 e. The second-order valence-electron chi connectivity index (χ2n) is 9.81. The highest BCUT2D eigenvalue weighted by atomic mass is 16.4. The number of carbonyl (C=O) groups is 1. The van der Waals surface area contributed by atoms with Crippen LogP contribution in [0.2, 0.25) is 0 Å². The lowest BCUT2D eigenvalue weighted by molar-refractivity contribution is -0.136. The van der Waals surface area contributed by atoms with E-state index in [-0.39, 0.29) is 6.42 Å². The van der Waals surface area contributed by atoms with Crippen LogP contribution >= 0.6 is 0 Å². The normalized spacial score (nSPS) is 11.4. The van der Waals surface area contributed by atoms with E-state index in [4.69, 9.17) is 5.11 Å². The molecule has 0 aliphatic carbocycles. The summed E-state index contributed by atoms with van der Waals surface area (Å²) in [6, 6.07) is 6.26. The number of aliphatic carboxylic acids is 1. The molecular weight excluding hydrogens is 380 g/mol. The zero-order valence-corrected chi connectivity index (χ0v) is 20.9. The van der Waals surface area contributed by atoms with Crippen LogP contribution in [-0.4, -0.2) is 11.1 Å². The van der Waals surface area contributed by atoms with Crippen molar-refractivity contribution in [3.8, 4) is 0 Å². The maximum absolute atomic E-state index is 11.0. The Bertz CT molecular complexity index is 576. The predicted octanol–water partition coefficient (Wildman–Crippen LogP) is 9.24. The van der Waals surface area contributed by atoms with Crippen LogP contribution in [0.4, 0.5) is 0 Å². The number of unbranched alkanes of at least 4 members (excludes halogenated alkanes) is 15. The van der Waals surface area contributed by atoms with Gasteiger partial charge in [0.05, 0.1) is 6.42 Å². The summed E-state index contributed by atoms with van der Waals surface area (Å²) in [4.78, 5) is 11.0. The average molecular weight is 431 g/mol. The van der Waals surface area contributed by atoms with E-state index in [9.17, 15) is 4.79 Å². The zero-order chi connectivity index (χ0) is 22.7. The average Bonchev–Trinajstić information content (AvgIpc) is 2.73. The molecule has 2 nitrogen and oxygen atoms in total. The Morgan fingerprint density at radius 3 is 1.61 bits per heavy atom. The molecule has 0 unspecified atom stereocenters. The van der Waals surface area contributed by atoms with Gasteiger partial charge in [0.2, 0.25) is 0 Å². The van der Waals surface area contributed by atoms with E-state index in [1.165, 1.54) is 114 Å². The van der Waals surface area contributed by atoms with Crippen molar-refractivity contribution in [2.45, 2.75) is 142 Å². The molecular formula is C29H50O2. The smallest absolute Gasteiger partial charge is 0.307 e. The van der Waals surface area contributed by atoms with Gasteiger partial charge >= 0.3 is 5.97 Å². The van der Waals surface area contributed by atoms with Gasteiger partial charge in [-0.25, -0.2) is 0 Å². The number of rotatable bonds is 20. The van der Waals surface area contributed by atoms with Crippen LogP contribution in [-0.2, 0) is 17.6 Å². The summed E-state index contributed by atoms with van der Waals surface area (Å²) in [7, 11) is 0. The van der Waals surface area contributed by atoms with Crippen LogP contribution in [0.1, 0.15) is 146 Å². The number of hydrogen-bond donors (Lipinski definition) is 1. The highest BCUT2D eigenvalue weighted by Crippen LogP contribution is 2.23. The molecule has 0 amide bonds. The van der Waals surface area contributed by atoms with Gasteiger partial charge in [-0.2, -0.15) is 0 Å². The van der Waals surface area contributed by atoms with Gasteiger partial charge in [0.15, 0.2) is 0 Å². The van der Waals surface area contributed by atoms with E-state index in [1.807, 2.05) is 6.07 Å². The van der Waals surface area contributed by atoms with Crippen molar-refractivity contribution in [1.82, 2.24) is 0 Å².